The highest BCUT2D eigenvalue weighted by Crippen LogP contribution is 2.32. The van der Waals surface area contributed by atoms with Crippen LogP contribution in [0.5, 0.6) is 5.75 Å². The summed E-state index contributed by atoms with van der Waals surface area (Å²) in [4.78, 5) is 0. The Kier molecular flexibility index (Phi) is 2.73. The van der Waals surface area contributed by atoms with Gasteiger partial charge in [0, 0.05) is 11.6 Å². The molecule has 1 saturated heterocycles. The van der Waals surface area contributed by atoms with Gasteiger partial charge in [-0.25, -0.2) is 0 Å². The van der Waals surface area contributed by atoms with Crippen molar-refractivity contribution in [2.75, 3.05) is 6.54 Å². The number of aromatic hydroxyl groups is 1. The normalized spacial score (nSPS) is 21.4. The molecule has 1 fully saturated rings. The lowest BCUT2D eigenvalue weighted by Gasteiger charge is -2.14. The average Bonchev–Trinajstić information content (AvgIpc) is 2.71. The number of phenolic OH excluding ortho intramolecular Hbond substituents is 1. The minimum atomic E-state index is 0.362. The predicted molar refractivity (Wildman–Crippen MR) is 57.5 cm³/mol. The minimum Gasteiger partial charge on any atom is -0.507 e. The van der Waals surface area contributed by atoms with Crippen molar-refractivity contribution >= 4 is 0 Å². The highest BCUT2D eigenvalue weighted by atomic mass is 16.3. The molecule has 0 saturated carbocycles. The summed E-state index contributed by atoms with van der Waals surface area (Å²) in [5, 5.41) is 13.4. The number of rotatable bonds is 2. The third-order valence-corrected chi connectivity index (χ3v) is 2.97. The van der Waals surface area contributed by atoms with Gasteiger partial charge in [0.15, 0.2) is 0 Å². The summed E-state index contributed by atoms with van der Waals surface area (Å²) in [5.74, 6) is 0.495. The minimum absolute atomic E-state index is 0.362. The number of aryl methyl sites for hydroxylation is 1. The van der Waals surface area contributed by atoms with Gasteiger partial charge < -0.3 is 10.4 Å². The predicted octanol–water partition coefficient (Wildman–Crippen LogP) is 2.38. The fraction of sp³-hybridized carbons (Fsp3) is 0.500. The molecule has 76 valence electrons. The maximum atomic E-state index is 10.0. The summed E-state index contributed by atoms with van der Waals surface area (Å²) in [6.07, 6.45) is 3.24. The van der Waals surface area contributed by atoms with E-state index in [9.17, 15) is 5.11 Å². The third kappa shape index (κ3) is 1.62. The van der Waals surface area contributed by atoms with E-state index in [-0.39, 0.29) is 0 Å². The van der Waals surface area contributed by atoms with Crippen LogP contribution < -0.4 is 5.32 Å². The van der Waals surface area contributed by atoms with E-state index in [4.69, 9.17) is 0 Å². The summed E-state index contributed by atoms with van der Waals surface area (Å²) in [6, 6.07) is 6.42. The smallest absolute Gasteiger partial charge is 0.123 e. The zero-order valence-electron chi connectivity index (χ0n) is 8.59. The number of phenols is 1. The van der Waals surface area contributed by atoms with Crippen LogP contribution in [0.2, 0.25) is 0 Å². The first-order valence-electron chi connectivity index (χ1n) is 5.37. The van der Waals surface area contributed by atoms with E-state index in [0.29, 0.717) is 11.8 Å². The van der Waals surface area contributed by atoms with Crippen molar-refractivity contribution in [3.05, 3.63) is 29.3 Å². The van der Waals surface area contributed by atoms with E-state index in [2.05, 4.69) is 12.2 Å². The molecular weight excluding hydrogens is 174 g/mol. The molecule has 0 spiro atoms. The number of hydrogen-bond donors (Lipinski definition) is 2. The Bertz CT molecular complexity index is 316. The maximum Gasteiger partial charge on any atom is 0.123 e. The van der Waals surface area contributed by atoms with Gasteiger partial charge in [-0.3, -0.25) is 0 Å². The molecule has 0 aliphatic carbocycles. The summed E-state index contributed by atoms with van der Waals surface area (Å²) < 4.78 is 0. The van der Waals surface area contributed by atoms with Crippen molar-refractivity contribution in [1.82, 2.24) is 5.32 Å². The quantitative estimate of drug-likeness (QED) is 0.752. The van der Waals surface area contributed by atoms with Crippen LogP contribution in [0.25, 0.3) is 0 Å². The van der Waals surface area contributed by atoms with E-state index in [1.165, 1.54) is 6.42 Å². The first-order chi connectivity index (χ1) is 6.83. The van der Waals surface area contributed by atoms with Gasteiger partial charge in [0.25, 0.3) is 0 Å². The molecule has 0 unspecified atom stereocenters. The fourth-order valence-electron chi connectivity index (χ4n) is 2.13. The van der Waals surface area contributed by atoms with Crippen molar-refractivity contribution in [2.24, 2.45) is 0 Å². The van der Waals surface area contributed by atoms with Gasteiger partial charge in [-0.05, 0) is 31.4 Å². The monoisotopic (exact) mass is 191 g/mol. The van der Waals surface area contributed by atoms with E-state index in [1.54, 1.807) is 0 Å². The van der Waals surface area contributed by atoms with E-state index >= 15 is 0 Å². The second-order valence-electron chi connectivity index (χ2n) is 3.86. The molecule has 2 heteroatoms. The number of hydrogen-bond acceptors (Lipinski definition) is 2. The molecule has 1 aliphatic heterocycles. The van der Waals surface area contributed by atoms with Gasteiger partial charge in [-0.15, -0.1) is 0 Å². The first kappa shape index (κ1) is 9.53. The first-order valence-corrected chi connectivity index (χ1v) is 5.37. The van der Waals surface area contributed by atoms with E-state index in [0.717, 1.165) is 30.5 Å². The van der Waals surface area contributed by atoms with Crippen LogP contribution in [-0.4, -0.2) is 11.7 Å². The molecule has 2 rings (SSSR count). The van der Waals surface area contributed by atoms with Crippen molar-refractivity contribution in [3.8, 4) is 5.75 Å². The van der Waals surface area contributed by atoms with E-state index in [1.807, 2.05) is 18.2 Å². The second kappa shape index (κ2) is 4.01. The third-order valence-electron chi connectivity index (χ3n) is 2.97. The van der Waals surface area contributed by atoms with Crippen LogP contribution in [0.4, 0.5) is 0 Å². The SMILES string of the molecule is CCc1cccc([C@@H]2CCCN2)c1O. The van der Waals surface area contributed by atoms with Crippen LogP contribution in [0.15, 0.2) is 18.2 Å². The van der Waals surface area contributed by atoms with Crippen molar-refractivity contribution in [1.29, 1.82) is 0 Å². The molecule has 0 aromatic heterocycles. The highest BCUT2D eigenvalue weighted by Gasteiger charge is 2.19. The molecule has 14 heavy (non-hydrogen) atoms. The van der Waals surface area contributed by atoms with Crippen molar-refractivity contribution < 1.29 is 5.11 Å². The average molecular weight is 191 g/mol. The molecule has 0 amide bonds. The van der Waals surface area contributed by atoms with Crippen LogP contribution in [0, 0.1) is 0 Å². The molecular formula is C12H17NO. The molecule has 1 aromatic rings. The highest BCUT2D eigenvalue weighted by molar-refractivity contribution is 5.42. The molecule has 1 aliphatic rings. The Morgan fingerprint density at radius 2 is 2.36 bits per heavy atom. The molecule has 0 bridgehead atoms. The molecule has 1 heterocycles. The van der Waals surface area contributed by atoms with Gasteiger partial charge in [0.1, 0.15) is 5.75 Å². The van der Waals surface area contributed by atoms with Crippen LogP contribution >= 0.6 is 0 Å². The summed E-state index contributed by atoms with van der Waals surface area (Å²) in [7, 11) is 0. The lowest BCUT2D eigenvalue weighted by molar-refractivity contribution is 0.451. The van der Waals surface area contributed by atoms with Crippen molar-refractivity contribution in [3.63, 3.8) is 0 Å². The largest absolute Gasteiger partial charge is 0.507 e. The van der Waals surface area contributed by atoms with Crippen LogP contribution in [-0.2, 0) is 6.42 Å². The summed E-state index contributed by atoms with van der Waals surface area (Å²) in [5.41, 5.74) is 2.12. The van der Waals surface area contributed by atoms with E-state index < -0.39 is 0 Å². The molecule has 1 aromatic carbocycles. The number of nitrogens with one attached hydrogen (secondary N) is 1. The Balaban J connectivity index is 2.32. The zero-order chi connectivity index (χ0) is 9.97. The molecule has 0 radical (unpaired) electrons. The van der Waals surface area contributed by atoms with Crippen molar-refractivity contribution in [2.45, 2.75) is 32.2 Å². The van der Waals surface area contributed by atoms with Gasteiger partial charge in [-0.1, -0.05) is 25.1 Å². The second-order valence-corrected chi connectivity index (χ2v) is 3.86. The Hall–Kier alpha value is -1.02. The lowest BCUT2D eigenvalue weighted by Crippen LogP contribution is -2.13. The van der Waals surface area contributed by atoms with Gasteiger partial charge in [0.2, 0.25) is 0 Å². The Morgan fingerprint density at radius 3 is 3.00 bits per heavy atom. The molecule has 2 N–H and O–H groups in total. The van der Waals surface area contributed by atoms with Gasteiger partial charge in [0.05, 0.1) is 0 Å². The number of benzene rings is 1. The van der Waals surface area contributed by atoms with Crippen LogP contribution in [0.1, 0.15) is 36.9 Å². The Morgan fingerprint density at radius 1 is 1.50 bits per heavy atom. The zero-order valence-corrected chi connectivity index (χ0v) is 8.59. The summed E-state index contributed by atoms with van der Waals surface area (Å²) in [6.45, 7) is 3.14. The topological polar surface area (TPSA) is 32.3 Å². The van der Waals surface area contributed by atoms with Gasteiger partial charge in [-0.2, -0.15) is 0 Å². The Labute approximate surface area is 85.0 Å². The van der Waals surface area contributed by atoms with Crippen LogP contribution in [0.3, 0.4) is 0 Å². The molecule has 1 atom stereocenters. The maximum absolute atomic E-state index is 10.0. The van der Waals surface area contributed by atoms with Gasteiger partial charge >= 0.3 is 0 Å². The standard InChI is InChI=1S/C12H17NO/c1-2-9-5-3-6-10(12(9)14)11-7-4-8-13-11/h3,5-6,11,13-14H,2,4,7-8H2,1H3/t11-/m0/s1. The molecule has 2 nitrogen and oxygen atoms in total. The summed E-state index contributed by atoms with van der Waals surface area (Å²) >= 11 is 0. The fourth-order valence-corrected chi connectivity index (χ4v) is 2.13. The lowest BCUT2D eigenvalue weighted by atomic mass is 10.00. The number of para-hydroxylation sites is 1.